The van der Waals surface area contributed by atoms with Crippen molar-refractivity contribution in [1.82, 2.24) is 20.0 Å². The lowest BCUT2D eigenvalue weighted by Gasteiger charge is -2.36. The van der Waals surface area contributed by atoms with E-state index in [2.05, 4.69) is 15.1 Å². The number of hydrogen-bond acceptors (Lipinski definition) is 4. The Morgan fingerprint density at radius 2 is 1.96 bits per heavy atom. The number of aromatic nitrogens is 2. The van der Waals surface area contributed by atoms with E-state index < -0.39 is 0 Å². The molecule has 1 amide bonds. The van der Waals surface area contributed by atoms with Crippen molar-refractivity contribution in [3.05, 3.63) is 18.0 Å². The zero-order chi connectivity index (χ0) is 17.2. The summed E-state index contributed by atoms with van der Waals surface area (Å²) in [6.07, 6.45) is 10.7. The summed E-state index contributed by atoms with van der Waals surface area (Å²) in [6.45, 7) is 4.90. The van der Waals surface area contributed by atoms with Gasteiger partial charge in [-0.25, -0.2) is 0 Å². The molecule has 0 bridgehead atoms. The number of H-pyrrole nitrogens is 1. The van der Waals surface area contributed by atoms with Crippen LogP contribution in [0.4, 0.5) is 0 Å². The number of piperazine rings is 1. The maximum atomic E-state index is 12.2. The van der Waals surface area contributed by atoms with Crippen molar-refractivity contribution in [2.24, 2.45) is 5.92 Å². The van der Waals surface area contributed by atoms with Crippen LogP contribution < -0.4 is 0 Å². The molecule has 1 aliphatic carbocycles. The molecule has 0 unspecified atom stereocenters. The summed E-state index contributed by atoms with van der Waals surface area (Å²) in [6, 6.07) is 0. The number of rotatable bonds is 5. The van der Waals surface area contributed by atoms with Crippen LogP contribution in [0.3, 0.4) is 0 Å². The Labute approximate surface area is 143 Å². The number of aryl methyl sites for hydroxylation is 1. The Bertz CT molecular complexity index is 478. The summed E-state index contributed by atoms with van der Waals surface area (Å²) in [5.41, 5.74) is 1.11. The summed E-state index contributed by atoms with van der Waals surface area (Å²) < 4.78 is 0. The van der Waals surface area contributed by atoms with Gasteiger partial charge in [0.1, 0.15) is 0 Å². The van der Waals surface area contributed by atoms with Gasteiger partial charge in [0.25, 0.3) is 6.47 Å². The van der Waals surface area contributed by atoms with Gasteiger partial charge < -0.3 is 10.0 Å². The smallest absolute Gasteiger partial charge is 0.290 e. The zero-order valence-electron chi connectivity index (χ0n) is 14.2. The van der Waals surface area contributed by atoms with Crippen LogP contribution in [0.1, 0.15) is 37.7 Å². The summed E-state index contributed by atoms with van der Waals surface area (Å²) in [4.78, 5) is 25.2. The molecule has 1 aliphatic heterocycles. The van der Waals surface area contributed by atoms with E-state index in [0.29, 0.717) is 6.42 Å². The molecule has 2 N–H and O–H groups in total. The Morgan fingerprint density at radius 3 is 2.54 bits per heavy atom. The number of nitrogens with one attached hydrogen (secondary N) is 1. The van der Waals surface area contributed by atoms with Crippen LogP contribution in [-0.2, 0) is 16.0 Å². The van der Waals surface area contributed by atoms with Crippen LogP contribution in [-0.4, -0.2) is 70.2 Å². The molecule has 1 aromatic rings. The maximum Gasteiger partial charge on any atom is 0.290 e. The van der Waals surface area contributed by atoms with Crippen LogP contribution in [0.5, 0.6) is 0 Å². The van der Waals surface area contributed by atoms with Crippen molar-refractivity contribution in [3.8, 4) is 0 Å². The van der Waals surface area contributed by atoms with Crippen LogP contribution in [0.25, 0.3) is 0 Å². The molecular formula is C17H28N4O3. The molecule has 7 heteroatoms. The highest BCUT2D eigenvalue weighted by atomic mass is 16.3. The molecule has 24 heavy (non-hydrogen) atoms. The predicted molar refractivity (Wildman–Crippen MR) is 90.6 cm³/mol. The molecule has 2 aliphatic rings. The fraction of sp³-hybridized carbons (Fsp3) is 0.706. The molecule has 1 aromatic heterocycles. The molecule has 1 saturated carbocycles. The molecule has 1 saturated heterocycles. The SMILES string of the molecule is O=C(CCc1cn[nH]c1)N1CCN(CC2CCCC2)CC1.O=CO. The largest absolute Gasteiger partial charge is 0.483 e. The maximum absolute atomic E-state index is 12.2. The van der Waals surface area contributed by atoms with Gasteiger partial charge in [-0.3, -0.25) is 19.6 Å². The van der Waals surface area contributed by atoms with E-state index >= 15 is 0 Å². The minimum Gasteiger partial charge on any atom is -0.483 e. The van der Waals surface area contributed by atoms with Crippen molar-refractivity contribution >= 4 is 12.4 Å². The highest BCUT2D eigenvalue weighted by Gasteiger charge is 2.24. The van der Waals surface area contributed by atoms with Crippen LogP contribution in [0.2, 0.25) is 0 Å². The lowest BCUT2D eigenvalue weighted by molar-refractivity contribution is -0.133. The lowest BCUT2D eigenvalue weighted by atomic mass is 10.1. The summed E-state index contributed by atoms with van der Waals surface area (Å²) in [7, 11) is 0. The number of amides is 1. The summed E-state index contributed by atoms with van der Waals surface area (Å²) in [5, 5.41) is 13.6. The monoisotopic (exact) mass is 336 g/mol. The third kappa shape index (κ3) is 5.96. The predicted octanol–water partition coefficient (Wildman–Crippen LogP) is 1.38. The molecule has 2 fully saturated rings. The highest BCUT2D eigenvalue weighted by molar-refractivity contribution is 5.76. The van der Waals surface area contributed by atoms with Crippen LogP contribution in [0.15, 0.2) is 12.4 Å². The lowest BCUT2D eigenvalue weighted by Crippen LogP contribution is -2.49. The van der Waals surface area contributed by atoms with Gasteiger partial charge >= 0.3 is 0 Å². The van der Waals surface area contributed by atoms with Gasteiger partial charge in [0, 0.05) is 45.3 Å². The second kappa shape index (κ2) is 10.1. The Morgan fingerprint density at radius 1 is 1.29 bits per heavy atom. The van der Waals surface area contributed by atoms with E-state index in [4.69, 9.17) is 9.90 Å². The van der Waals surface area contributed by atoms with Crippen molar-refractivity contribution < 1.29 is 14.7 Å². The van der Waals surface area contributed by atoms with Gasteiger partial charge in [0.15, 0.2) is 0 Å². The summed E-state index contributed by atoms with van der Waals surface area (Å²) >= 11 is 0. The number of hydrogen-bond donors (Lipinski definition) is 2. The zero-order valence-corrected chi connectivity index (χ0v) is 14.2. The number of carbonyl (C=O) groups is 2. The van der Waals surface area contributed by atoms with E-state index in [1.54, 1.807) is 6.20 Å². The van der Waals surface area contributed by atoms with Crippen LogP contribution >= 0.6 is 0 Å². The van der Waals surface area contributed by atoms with E-state index in [1.165, 1.54) is 32.2 Å². The molecule has 0 atom stereocenters. The average Bonchev–Trinajstić information content (AvgIpc) is 3.28. The second-order valence-electron chi connectivity index (χ2n) is 6.54. The Balaban J connectivity index is 0.000000647. The van der Waals surface area contributed by atoms with Gasteiger partial charge in [-0.2, -0.15) is 5.10 Å². The topological polar surface area (TPSA) is 89.5 Å². The van der Waals surface area contributed by atoms with Crippen molar-refractivity contribution in [2.45, 2.75) is 38.5 Å². The molecule has 0 radical (unpaired) electrons. The third-order valence-corrected chi connectivity index (χ3v) is 4.90. The Kier molecular flexibility index (Phi) is 7.74. The molecule has 0 spiro atoms. The quantitative estimate of drug-likeness (QED) is 0.793. The molecule has 2 heterocycles. The van der Waals surface area contributed by atoms with E-state index in [1.807, 2.05) is 11.1 Å². The molecule has 3 rings (SSSR count). The van der Waals surface area contributed by atoms with Crippen LogP contribution in [0, 0.1) is 5.92 Å². The molecule has 134 valence electrons. The number of carbonyl (C=O) groups excluding carboxylic acids is 1. The normalized spacial score (nSPS) is 18.9. The fourth-order valence-corrected chi connectivity index (χ4v) is 3.56. The van der Waals surface area contributed by atoms with Gasteiger partial charge in [-0.05, 0) is 30.7 Å². The van der Waals surface area contributed by atoms with Gasteiger partial charge in [-0.15, -0.1) is 0 Å². The van der Waals surface area contributed by atoms with E-state index in [0.717, 1.165) is 44.1 Å². The molecule has 7 nitrogen and oxygen atoms in total. The third-order valence-electron chi connectivity index (χ3n) is 4.90. The van der Waals surface area contributed by atoms with Gasteiger partial charge in [-0.1, -0.05) is 12.8 Å². The number of aromatic amines is 1. The number of carboxylic acid groups (broad SMARTS) is 1. The van der Waals surface area contributed by atoms with Gasteiger partial charge in [0.2, 0.25) is 5.91 Å². The van der Waals surface area contributed by atoms with E-state index in [9.17, 15) is 4.79 Å². The molecular weight excluding hydrogens is 308 g/mol. The highest BCUT2D eigenvalue weighted by Crippen LogP contribution is 2.25. The van der Waals surface area contributed by atoms with Crippen molar-refractivity contribution in [1.29, 1.82) is 0 Å². The van der Waals surface area contributed by atoms with Crippen molar-refractivity contribution in [2.75, 3.05) is 32.7 Å². The molecule has 0 aromatic carbocycles. The fourth-order valence-electron chi connectivity index (χ4n) is 3.56. The van der Waals surface area contributed by atoms with Crippen molar-refractivity contribution in [3.63, 3.8) is 0 Å². The first-order chi connectivity index (χ1) is 11.7. The number of nitrogens with zero attached hydrogens (tertiary/aromatic N) is 3. The first-order valence-corrected chi connectivity index (χ1v) is 8.78. The average molecular weight is 336 g/mol. The first kappa shape index (κ1) is 18.4. The summed E-state index contributed by atoms with van der Waals surface area (Å²) in [5.74, 6) is 1.20. The minimum atomic E-state index is -0.250. The minimum absolute atomic E-state index is 0.250. The van der Waals surface area contributed by atoms with E-state index in [-0.39, 0.29) is 12.4 Å². The standard InChI is InChI=1S/C16H26N4O.CH2O2/c21-16(6-5-15-11-17-18-12-15)20-9-7-19(8-10-20)13-14-3-1-2-4-14;2-1-3/h11-12,14H,1-10,13H2,(H,17,18);1H,(H,2,3). The first-order valence-electron chi connectivity index (χ1n) is 8.78. The second-order valence-corrected chi connectivity index (χ2v) is 6.54. The Hall–Kier alpha value is -1.89. The van der Waals surface area contributed by atoms with Gasteiger partial charge in [0.05, 0.1) is 6.20 Å².